The Kier molecular flexibility index (Phi) is 10.1. The Bertz CT molecular complexity index is 999. The molecule has 4 heteroatoms. The summed E-state index contributed by atoms with van der Waals surface area (Å²) in [6, 6.07) is 21.3. The fourth-order valence-corrected chi connectivity index (χ4v) is 3.07. The van der Waals surface area contributed by atoms with E-state index in [2.05, 4.69) is 13.0 Å². The smallest absolute Gasteiger partial charge is 0.115 e. The molecule has 0 saturated carbocycles. The SMILES string of the molecule is CC(=Cc1ccc(O)cc1)CCCCO.CC(=Cc1ccc(O)cc1)c1ccc(O)cc1. The van der Waals surface area contributed by atoms with Crippen molar-refractivity contribution < 1.29 is 20.4 Å². The molecule has 0 aromatic heterocycles. The molecule has 3 aromatic rings. The quantitative estimate of drug-likeness (QED) is 0.250. The fraction of sp³-hybridized carbons (Fsp3) is 0.214. The highest BCUT2D eigenvalue weighted by atomic mass is 16.3. The third-order valence-electron chi connectivity index (χ3n) is 4.88. The maximum Gasteiger partial charge on any atom is 0.115 e. The summed E-state index contributed by atoms with van der Waals surface area (Å²) in [6.07, 6.45) is 7.04. The number of allylic oxidation sites excluding steroid dienone is 2. The molecule has 3 rings (SSSR count). The van der Waals surface area contributed by atoms with Gasteiger partial charge in [-0.1, -0.05) is 54.1 Å². The summed E-state index contributed by atoms with van der Waals surface area (Å²) < 4.78 is 0. The van der Waals surface area contributed by atoms with Gasteiger partial charge in [0.25, 0.3) is 0 Å². The van der Waals surface area contributed by atoms with Crippen LogP contribution < -0.4 is 0 Å². The van der Waals surface area contributed by atoms with Crippen molar-refractivity contribution in [2.45, 2.75) is 33.1 Å². The molecule has 0 aliphatic carbocycles. The van der Waals surface area contributed by atoms with Gasteiger partial charge in [-0.3, -0.25) is 0 Å². The monoisotopic (exact) mass is 432 g/mol. The van der Waals surface area contributed by atoms with Gasteiger partial charge in [0.05, 0.1) is 0 Å². The minimum Gasteiger partial charge on any atom is -0.508 e. The van der Waals surface area contributed by atoms with Crippen molar-refractivity contribution in [1.29, 1.82) is 0 Å². The average Bonchev–Trinajstić information content (AvgIpc) is 2.78. The fourth-order valence-electron chi connectivity index (χ4n) is 3.07. The molecule has 0 bridgehead atoms. The Balaban J connectivity index is 0.000000229. The first-order valence-corrected chi connectivity index (χ1v) is 10.7. The van der Waals surface area contributed by atoms with E-state index in [1.54, 1.807) is 36.4 Å². The Hall–Kier alpha value is -3.50. The van der Waals surface area contributed by atoms with E-state index in [0.29, 0.717) is 5.75 Å². The highest BCUT2D eigenvalue weighted by molar-refractivity contribution is 5.80. The van der Waals surface area contributed by atoms with Gasteiger partial charge in [-0.05, 0) is 91.8 Å². The molecule has 3 aromatic carbocycles. The van der Waals surface area contributed by atoms with Crippen molar-refractivity contribution >= 4 is 17.7 Å². The molecule has 32 heavy (non-hydrogen) atoms. The second kappa shape index (κ2) is 13.0. The Morgan fingerprint density at radius 3 is 1.53 bits per heavy atom. The van der Waals surface area contributed by atoms with Crippen LogP contribution in [0, 0.1) is 0 Å². The third-order valence-corrected chi connectivity index (χ3v) is 4.88. The van der Waals surface area contributed by atoms with E-state index < -0.39 is 0 Å². The maximum atomic E-state index is 9.21. The molecule has 0 amide bonds. The van der Waals surface area contributed by atoms with Crippen LogP contribution in [0.5, 0.6) is 17.2 Å². The van der Waals surface area contributed by atoms with Crippen molar-refractivity contribution in [2.24, 2.45) is 0 Å². The lowest BCUT2D eigenvalue weighted by atomic mass is 10.0. The number of aromatic hydroxyl groups is 3. The van der Waals surface area contributed by atoms with Gasteiger partial charge in [-0.25, -0.2) is 0 Å². The number of phenolic OH excluding ortho intramolecular Hbond substituents is 3. The lowest BCUT2D eigenvalue weighted by Gasteiger charge is -2.02. The number of unbranched alkanes of at least 4 members (excludes halogenated alkanes) is 1. The minimum absolute atomic E-state index is 0.268. The molecule has 0 heterocycles. The Morgan fingerprint density at radius 1 is 0.625 bits per heavy atom. The molecular weight excluding hydrogens is 400 g/mol. The predicted octanol–water partition coefficient (Wildman–Crippen LogP) is 6.62. The van der Waals surface area contributed by atoms with E-state index in [1.165, 1.54) is 5.57 Å². The van der Waals surface area contributed by atoms with E-state index in [-0.39, 0.29) is 18.1 Å². The second-order valence-corrected chi connectivity index (χ2v) is 7.73. The van der Waals surface area contributed by atoms with E-state index >= 15 is 0 Å². The molecule has 168 valence electrons. The van der Waals surface area contributed by atoms with Gasteiger partial charge in [0.1, 0.15) is 17.2 Å². The number of hydrogen-bond acceptors (Lipinski definition) is 4. The molecule has 0 radical (unpaired) electrons. The largest absolute Gasteiger partial charge is 0.508 e. The van der Waals surface area contributed by atoms with Gasteiger partial charge in [0.2, 0.25) is 0 Å². The molecule has 4 nitrogen and oxygen atoms in total. The van der Waals surface area contributed by atoms with Crippen molar-refractivity contribution in [1.82, 2.24) is 0 Å². The molecular formula is C28H32O4. The van der Waals surface area contributed by atoms with Crippen molar-refractivity contribution in [3.8, 4) is 17.2 Å². The first-order valence-electron chi connectivity index (χ1n) is 10.7. The van der Waals surface area contributed by atoms with Gasteiger partial charge >= 0.3 is 0 Å². The molecule has 0 aliphatic rings. The molecule has 0 aliphatic heterocycles. The number of rotatable bonds is 7. The molecule has 0 saturated heterocycles. The highest BCUT2D eigenvalue weighted by Crippen LogP contribution is 2.21. The number of benzene rings is 3. The zero-order valence-corrected chi connectivity index (χ0v) is 18.7. The van der Waals surface area contributed by atoms with Crippen molar-refractivity contribution in [2.75, 3.05) is 6.61 Å². The molecule has 0 spiro atoms. The Morgan fingerprint density at radius 2 is 1.06 bits per heavy atom. The van der Waals surface area contributed by atoms with Crippen LogP contribution in [0.1, 0.15) is 49.8 Å². The van der Waals surface area contributed by atoms with Crippen LogP contribution in [0.2, 0.25) is 0 Å². The van der Waals surface area contributed by atoms with Crippen LogP contribution in [0.3, 0.4) is 0 Å². The Labute approximate surface area is 190 Å². The number of aliphatic hydroxyl groups excluding tert-OH is 1. The minimum atomic E-state index is 0.268. The summed E-state index contributed by atoms with van der Waals surface area (Å²) in [5.74, 6) is 0.834. The van der Waals surface area contributed by atoms with Crippen LogP contribution >= 0.6 is 0 Å². The van der Waals surface area contributed by atoms with Crippen LogP contribution in [0.15, 0.2) is 78.4 Å². The first kappa shape index (κ1) is 24.8. The summed E-state index contributed by atoms with van der Waals surface area (Å²) in [4.78, 5) is 0. The summed E-state index contributed by atoms with van der Waals surface area (Å²) in [6.45, 7) is 4.37. The van der Waals surface area contributed by atoms with Crippen molar-refractivity contribution in [3.63, 3.8) is 0 Å². The van der Waals surface area contributed by atoms with Crippen molar-refractivity contribution in [3.05, 3.63) is 95.1 Å². The van der Waals surface area contributed by atoms with Crippen LogP contribution in [0.25, 0.3) is 17.7 Å². The molecule has 0 atom stereocenters. The van der Waals surface area contributed by atoms with E-state index in [0.717, 1.165) is 41.5 Å². The lowest BCUT2D eigenvalue weighted by molar-refractivity contribution is 0.284. The third kappa shape index (κ3) is 9.11. The lowest BCUT2D eigenvalue weighted by Crippen LogP contribution is -1.84. The number of aliphatic hydroxyl groups is 1. The molecule has 4 N–H and O–H groups in total. The number of phenols is 3. The molecule has 0 unspecified atom stereocenters. The van der Waals surface area contributed by atoms with Crippen LogP contribution in [-0.4, -0.2) is 27.0 Å². The van der Waals surface area contributed by atoms with Gasteiger partial charge in [0.15, 0.2) is 0 Å². The predicted molar refractivity (Wildman–Crippen MR) is 132 cm³/mol. The van der Waals surface area contributed by atoms with E-state index in [4.69, 9.17) is 10.2 Å². The van der Waals surface area contributed by atoms with Crippen LogP contribution in [-0.2, 0) is 0 Å². The van der Waals surface area contributed by atoms with Gasteiger partial charge in [-0.15, -0.1) is 0 Å². The molecule has 0 fully saturated rings. The van der Waals surface area contributed by atoms with Crippen LogP contribution in [0.4, 0.5) is 0 Å². The maximum absolute atomic E-state index is 9.21. The first-order chi connectivity index (χ1) is 15.4. The zero-order chi connectivity index (χ0) is 23.3. The zero-order valence-electron chi connectivity index (χ0n) is 18.7. The van der Waals surface area contributed by atoms with E-state index in [1.807, 2.05) is 49.4 Å². The van der Waals surface area contributed by atoms with E-state index in [9.17, 15) is 10.2 Å². The topological polar surface area (TPSA) is 80.9 Å². The average molecular weight is 433 g/mol. The summed E-state index contributed by atoms with van der Waals surface area (Å²) in [7, 11) is 0. The second-order valence-electron chi connectivity index (χ2n) is 7.73. The summed E-state index contributed by atoms with van der Waals surface area (Å²) >= 11 is 0. The standard InChI is InChI=1S/C15H14O2.C13H18O2/c1-11(13-4-8-15(17)9-5-13)10-12-2-6-14(16)7-3-12;1-11(4-2-3-9-14)10-12-5-7-13(15)8-6-12/h2-10,16-17H,1H3;5-8,10,14-15H,2-4,9H2,1H3. The van der Waals surface area contributed by atoms with Gasteiger partial charge in [-0.2, -0.15) is 0 Å². The van der Waals surface area contributed by atoms with Gasteiger partial charge < -0.3 is 20.4 Å². The normalized spacial score (nSPS) is 11.6. The number of hydrogen-bond donors (Lipinski definition) is 4. The van der Waals surface area contributed by atoms with Gasteiger partial charge in [0, 0.05) is 6.61 Å². The highest BCUT2D eigenvalue weighted by Gasteiger charge is 1.97. The summed E-state index contributed by atoms with van der Waals surface area (Å²) in [5.41, 5.74) is 5.61. The summed E-state index contributed by atoms with van der Waals surface area (Å²) in [5, 5.41) is 36.2.